The summed E-state index contributed by atoms with van der Waals surface area (Å²) in [4.78, 5) is 5.68. The van der Waals surface area contributed by atoms with Crippen LogP contribution in [0.15, 0.2) is 40.7 Å². The molecule has 1 aromatic carbocycles. The number of hydrogen-bond donors (Lipinski definition) is 2. The minimum Gasteiger partial charge on any atom is -0.357 e. The quantitative estimate of drug-likeness (QED) is 0.375. The average Bonchev–Trinajstić information content (AvgIpc) is 3.04. The third-order valence-corrected chi connectivity index (χ3v) is 4.39. The molecule has 0 saturated heterocycles. The van der Waals surface area contributed by atoms with Gasteiger partial charge < -0.3 is 10.6 Å². The summed E-state index contributed by atoms with van der Waals surface area (Å²) >= 11 is 1.68. The summed E-state index contributed by atoms with van der Waals surface area (Å²) < 4.78 is 26.5. The molecule has 0 fully saturated rings. The first-order valence-corrected chi connectivity index (χ1v) is 8.50. The average molecular weight is 465 g/mol. The number of benzene rings is 1. The van der Waals surface area contributed by atoms with Gasteiger partial charge in [0.2, 0.25) is 0 Å². The van der Waals surface area contributed by atoms with Crippen LogP contribution in [0.1, 0.15) is 30.3 Å². The van der Waals surface area contributed by atoms with Crippen molar-refractivity contribution in [3.63, 3.8) is 0 Å². The van der Waals surface area contributed by atoms with Crippen LogP contribution in [0.5, 0.6) is 0 Å². The number of halogens is 3. The van der Waals surface area contributed by atoms with Crippen LogP contribution < -0.4 is 10.6 Å². The van der Waals surface area contributed by atoms with Gasteiger partial charge in [-0.2, -0.15) is 0 Å². The predicted molar refractivity (Wildman–Crippen MR) is 107 cm³/mol. The lowest BCUT2D eigenvalue weighted by molar-refractivity contribution is 0.572. The SMILES string of the molecule is CCNC(=NCCc1ccc(F)cc1F)NC(C)c1cccs1.I. The van der Waals surface area contributed by atoms with E-state index in [1.807, 2.05) is 18.4 Å². The number of guanidine groups is 1. The van der Waals surface area contributed by atoms with Gasteiger partial charge in [-0.15, -0.1) is 35.3 Å². The molecule has 2 aromatic rings. The van der Waals surface area contributed by atoms with E-state index < -0.39 is 11.6 Å². The van der Waals surface area contributed by atoms with Crippen molar-refractivity contribution in [2.45, 2.75) is 26.3 Å². The van der Waals surface area contributed by atoms with Gasteiger partial charge in [0.15, 0.2) is 5.96 Å². The molecule has 0 aliphatic rings. The summed E-state index contributed by atoms with van der Waals surface area (Å²) in [6.45, 7) is 5.23. The summed E-state index contributed by atoms with van der Waals surface area (Å²) in [7, 11) is 0. The minimum atomic E-state index is -0.561. The Bertz CT molecular complexity index is 647. The van der Waals surface area contributed by atoms with E-state index in [0.29, 0.717) is 24.5 Å². The Labute approximate surface area is 162 Å². The fourth-order valence-corrected chi connectivity index (χ4v) is 2.88. The number of aliphatic imine (C=N–C) groups is 1. The van der Waals surface area contributed by atoms with Crippen molar-refractivity contribution < 1.29 is 8.78 Å². The van der Waals surface area contributed by atoms with E-state index in [2.05, 4.69) is 28.6 Å². The fraction of sp³-hybridized carbons (Fsp3) is 0.353. The second kappa shape index (κ2) is 10.6. The molecule has 2 rings (SSSR count). The number of hydrogen-bond acceptors (Lipinski definition) is 2. The molecule has 0 spiro atoms. The molecule has 1 atom stereocenters. The molecule has 1 aromatic heterocycles. The maximum Gasteiger partial charge on any atom is 0.191 e. The minimum absolute atomic E-state index is 0. The van der Waals surface area contributed by atoms with Gasteiger partial charge >= 0.3 is 0 Å². The normalized spacial score (nSPS) is 12.4. The van der Waals surface area contributed by atoms with Crippen molar-refractivity contribution in [1.29, 1.82) is 0 Å². The first-order chi connectivity index (χ1) is 11.1. The molecule has 1 unspecified atom stereocenters. The van der Waals surface area contributed by atoms with Gasteiger partial charge in [0.25, 0.3) is 0 Å². The Morgan fingerprint density at radius 1 is 1.29 bits per heavy atom. The van der Waals surface area contributed by atoms with Crippen molar-refractivity contribution in [2.75, 3.05) is 13.1 Å². The van der Waals surface area contributed by atoms with Crippen molar-refractivity contribution in [3.8, 4) is 0 Å². The van der Waals surface area contributed by atoms with Crippen molar-refractivity contribution in [2.24, 2.45) is 4.99 Å². The lowest BCUT2D eigenvalue weighted by Crippen LogP contribution is -2.38. The van der Waals surface area contributed by atoms with Gasteiger partial charge in [0.05, 0.1) is 6.04 Å². The molecule has 3 nitrogen and oxygen atoms in total. The predicted octanol–water partition coefficient (Wildman–Crippen LogP) is 4.50. The molecule has 0 amide bonds. The highest BCUT2D eigenvalue weighted by molar-refractivity contribution is 14.0. The molecule has 0 saturated carbocycles. The Hall–Kier alpha value is -1.22. The first kappa shape index (κ1) is 20.8. The summed E-state index contributed by atoms with van der Waals surface area (Å²) in [6.07, 6.45) is 0.427. The second-order valence-electron chi connectivity index (χ2n) is 5.13. The molecule has 7 heteroatoms. The molecule has 132 valence electrons. The molecule has 0 radical (unpaired) electrons. The third-order valence-electron chi connectivity index (χ3n) is 3.33. The van der Waals surface area contributed by atoms with Crippen LogP contribution >= 0.6 is 35.3 Å². The Morgan fingerprint density at radius 2 is 2.08 bits per heavy atom. The number of thiophene rings is 1. The summed E-state index contributed by atoms with van der Waals surface area (Å²) in [5.41, 5.74) is 0.470. The van der Waals surface area contributed by atoms with E-state index in [-0.39, 0.29) is 30.0 Å². The van der Waals surface area contributed by atoms with Crippen LogP contribution in [0.4, 0.5) is 8.78 Å². The number of nitrogens with one attached hydrogen (secondary N) is 2. The number of nitrogens with zero attached hydrogens (tertiary/aromatic N) is 1. The van der Waals surface area contributed by atoms with Crippen LogP contribution in [-0.4, -0.2) is 19.0 Å². The lowest BCUT2D eigenvalue weighted by atomic mass is 10.1. The maximum absolute atomic E-state index is 13.6. The van der Waals surface area contributed by atoms with E-state index in [9.17, 15) is 8.78 Å². The molecular formula is C17H22F2IN3S. The van der Waals surface area contributed by atoms with Crippen molar-refractivity contribution >= 4 is 41.3 Å². The largest absolute Gasteiger partial charge is 0.357 e. The molecule has 0 aliphatic carbocycles. The van der Waals surface area contributed by atoms with Gasteiger partial charge in [-0.05, 0) is 43.3 Å². The zero-order valence-electron chi connectivity index (χ0n) is 13.7. The highest BCUT2D eigenvalue weighted by Gasteiger charge is 2.08. The van der Waals surface area contributed by atoms with Crippen LogP contribution in [0, 0.1) is 11.6 Å². The standard InChI is InChI=1S/C17H21F2N3S.HI/c1-3-20-17(22-12(2)16-5-4-10-23-16)21-9-8-13-6-7-14(18)11-15(13)19;/h4-7,10-12H,3,8-9H2,1-2H3,(H2,20,21,22);1H. The summed E-state index contributed by atoms with van der Waals surface area (Å²) in [6, 6.07) is 7.87. The number of rotatable bonds is 6. The van der Waals surface area contributed by atoms with E-state index in [1.165, 1.54) is 17.0 Å². The topological polar surface area (TPSA) is 36.4 Å². The molecular weight excluding hydrogens is 443 g/mol. The van der Waals surface area contributed by atoms with E-state index in [1.54, 1.807) is 11.3 Å². The van der Waals surface area contributed by atoms with Crippen molar-refractivity contribution in [1.82, 2.24) is 10.6 Å². The maximum atomic E-state index is 13.6. The first-order valence-electron chi connectivity index (χ1n) is 7.62. The van der Waals surface area contributed by atoms with Gasteiger partial charge in [-0.1, -0.05) is 12.1 Å². The van der Waals surface area contributed by atoms with E-state index in [4.69, 9.17) is 0 Å². The molecule has 0 bridgehead atoms. The smallest absolute Gasteiger partial charge is 0.191 e. The highest BCUT2D eigenvalue weighted by atomic mass is 127. The van der Waals surface area contributed by atoms with Gasteiger partial charge in [-0.25, -0.2) is 8.78 Å². The van der Waals surface area contributed by atoms with E-state index >= 15 is 0 Å². The van der Waals surface area contributed by atoms with Crippen LogP contribution in [0.2, 0.25) is 0 Å². The van der Waals surface area contributed by atoms with Crippen LogP contribution in [-0.2, 0) is 6.42 Å². The molecule has 2 N–H and O–H groups in total. The zero-order chi connectivity index (χ0) is 16.7. The highest BCUT2D eigenvalue weighted by Crippen LogP contribution is 2.17. The Morgan fingerprint density at radius 3 is 2.71 bits per heavy atom. The van der Waals surface area contributed by atoms with Crippen LogP contribution in [0.3, 0.4) is 0 Å². The second-order valence-corrected chi connectivity index (χ2v) is 6.11. The van der Waals surface area contributed by atoms with E-state index in [0.717, 1.165) is 12.6 Å². The zero-order valence-corrected chi connectivity index (χ0v) is 16.8. The monoisotopic (exact) mass is 465 g/mol. The van der Waals surface area contributed by atoms with Gasteiger partial charge in [-0.3, -0.25) is 4.99 Å². The lowest BCUT2D eigenvalue weighted by Gasteiger charge is -2.16. The third kappa shape index (κ3) is 6.35. The summed E-state index contributed by atoms with van der Waals surface area (Å²) in [5, 5.41) is 8.54. The Balaban J connectivity index is 0.00000288. The van der Waals surface area contributed by atoms with Crippen molar-refractivity contribution in [3.05, 3.63) is 57.8 Å². The van der Waals surface area contributed by atoms with Gasteiger partial charge in [0.1, 0.15) is 11.6 Å². The summed E-state index contributed by atoms with van der Waals surface area (Å²) in [5.74, 6) is -0.393. The fourth-order valence-electron chi connectivity index (χ4n) is 2.15. The molecule has 0 aliphatic heterocycles. The molecule has 1 heterocycles. The van der Waals surface area contributed by atoms with Crippen LogP contribution in [0.25, 0.3) is 0 Å². The molecule has 24 heavy (non-hydrogen) atoms. The van der Waals surface area contributed by atoms with Gasteiger partial charge in [0, 0.05) is 24.0 Å². The Kier molecular flexibility index (Phi) is 9.20.